The number of anilines is 1. The molecule has 0 aromatic heterocycles. The summed E-state index contributed by atoms with van der Waals surface area (Å²) < 4.78 is 6.22. The summed E-state index contributed by atoms with van der Waals surface area (Å²) in [6, 6.07) is 19.9. The van der Waals surface area contributed by atoms with Gasteiger partial charge in [-0.1, -0.05) is 60.7 Å². The fourth-order valence-corrected chi connectivity index (χ4v) is 5.06. The first-order chi connectivity index (χ1) is 14.6. The van der Waals surface area contributed by atoms with Gasteiger partial charge in [-0.15, -0.1) is 0 Å². The smallest absolute Gasteiger partial charge is 0.234 e. The first kappa shape index (κ1) is 19.1. The predicted octanol–water partition coefficient (Wildman–Crippen LogP) is 3.11. The molecule has 1 spiro atoms. The summed E-state index contributed by atoms with van der Waals surface area (Å²) in [7, 11) is 0. The summed E-state index contributed by atoms with van der Waals surface area (Å²) in [6.07, 6.45) is 5.38. The molecule has 1 N–H and O–H groups in total. The van der Waals surface area contributed by atoms with E-state index in [1.807, 2.05) is 67.6 Å². The zero-order valence-corrected chi connectivity index (χ0v) is 17.0. The average molecular weight is 402 g/mol. The van der Waals surface area contributed by atoms with Crippen LogP contribution in [0.1, 0.15) is 18.9 Å². The summed E-state index contributed by atoms with van der Waals surface area (Å²) in [6.45, 7) is 2.48. The Morgan fingerprint density at radius 1 is 1.17 bits per heavy atom. The largest absolute Gasteiger partial charge is 0.360 e. The maximum absolute atomic E-state index is 13.3. The molecule has 2 saturated heterocycles. The van der Waals surface area contributed by atoms with Gasteiger partial charge in [-0.05, 0) is 37.5 Å². The van der Waals surface area contributed by atoms with Crippen molar-refractivity contribution in [2.45, 2.75) is 37.5 Å². The van der Waals surface area contributed by atoms with Crippen LogP contribution in [0.15, 0.2) is 72.8 Å². The lowest BCUT2D eigenvalue weighted by molar-refractivity contribution is -0.132. The molecule has 0 saturated carbocycles. The molecule has 3 aliphatic heterocycles. The normalized spacial score (nSPS) is 29.8. The molecule has 5 atom stereocenters. The maximum Gasteiger partial charge on any atom is 0.234 e. The molecular formula is C25H26N2O3. The minimum Gasteiger partial charge on any atom is -0.360 e. The van der Waals surface area contributed by atoms with E-state index in [0.717, 1.165) is 18.5 Å². The highest BCUT2D eigenvalue weighted by molar-refractivity contribution is 6.03. The van der Waals surface area contributed by atoms with E-state index in [1.54, 1.807) is 4.90 Å². The van der Waals surface area contributed by atoms with Gasteiger partial charge in [0, 0.05) is 11.7 Å². The molecule has 30 heavy (non-hydrogen) atoms. The van der Waals surface area contributed by atoms with Gasteiger partial charge in [-0.2, -0.15) is 0 Å². The highest BCUT2D eigenvalue weighted by Gasteiger charge is 2.67. The van der Waals surface area contributed by atoms with Crippen molar-refractivity contribution in [1.82, 2.24) is 5.32 Å². The maximum atomic E-state index is 13.3. The minimum atomic E-state index is -0.688. The highest BCUT2D eigenvalue weighted by Crippen LogP contribution is 2.52. The van der Waals surface area contributed by atoms with E-state index in [4.69, 9.17) is 4.74 Å². The Balaban J connectivity index is 1.29. The molecule has 5 heteroatoms. The summed E-state index contributed by atoms with van der Waals surface area (Å²) in [5.41, 5.74) is 1.42. The number of benzene rings is 2. The van der Waals surface area contributed by atoms with Crippen molar-refractivity contribution in [3.05, 3.63) is 78.4 Å². The number of hydrogen-bond donors (Lipinski definition) is 1. The third-order valence-corrected chi connectivity index (χ3v) is 6.57. The van der Waals surface area contributed by atoms with Crippen molar-refractivity contribution in [3.63, 3.8) is 0 Å². The van der Waals surface area contributed by atoms with Crippen molar-refractivity contribution >= 4 is 17.5 Å². The third kappa shape index (κ3) is 3.14. The molecule has 2 amide bonds. The molecular weight excluding hydrogens is 376 g/mol. The van der Waals surface area contributed by atoms with Gasteiger partial charge in [0.2, 0.25) is 11.8 Å². The van der Waals surface area contributed by atoms with Crippen LogP contribution in [0.25, 0.3) is 0 Å². The topological polar surface area (TPSA) is 58.6 Å². The zero-order chi connectivity index (χ0) is 20.7. The van der Waals surface area contributed by atoms with E-state index in [2.05, 4.69) is 17.4 Å². The van der Waals surface area contributed by atoms with E-state index < -0.39 is 17.4 Å². The van der Waals surface area contributed by atoms with Gasteiger partial charge in [-0.25, -0.2) is 0 Å². The second-order valence-electron chi connectivity index (χ2n) is 8.59. The minimum absolute atomic E-state index is 0.0230. The first-order valence-corrected chi connectivity index (χ1v) is 10.7. The van der Waals surface area contributed by atoms with Crippen molar-refractivity contribution in [3.8, 4) is 0 Å². The number of amides is 2. The molecule has 2 aromatic carbocycles. The SMILES string of the molecule is CC(CCc1ccccc1)NC(=O)C1C2C(=O)N(c3ccccc3)C[C@]23C=C[C@@H]1O3. The first-order valence-electron chi connectivity index (χ1n) is 10.7. The van der Waals surface area contributed by atoms with Gasteiger partial charge in [-0.3, -0.25) is 9.59 Å². The van der Waals surface area contributed by atoms with Crippen LogP contribution < -0.4 is 10.2 Å². The fourth-order valence-electron chi connectivity index (χ4n) is 5.06. The average Bonchev–Trinajstić information content (AvgIpc) is 3.42. The van der Waals surface area contributed by atoms with Crippen molar-refractivity contribution in [2.75, 3.05) is 11.4 Å². The molecule has 2 bridgehead atoms. The molecule has 3 unspecified atom stereocenters. The molecule has 154 valence electrons. The Labute approximate surface area is 176 Å². The summed E-state index contributed by atoms with van der Waals surface area (Å²) in [5.74, 6) is -1.05. The highest BCUT2D eigenvalue weighted by atomic mass is 16.5. The van der Waals surface area contributed by atoms with Crippen molar-refractivity contribution in [1.29, 1.82) is 0 Å². The molecule has 2 aromatic rings. The lowest BCUT2D eigenvalue weighted by atomic mass is 9.76. The number of aryl methyl sites for hydroxylation is 1. The van der Waals surface area contributed by atoms with Gasteiger partial charge < -0.3 is 15.0 Å². The Hall–Kier alpha value is -2.92. The molecule has 0 aliphatic carbocycles. The number of ether oxygens (including phenoxy) is 1. The number of nitrogens with one attached hydrogen (secondary N) is 1. The number of para-hydroxylation sites is 1. The Bertz CT molecular complexity index is 974. The van der Waals surface area contributed by atoms with Crippen LogP contribution >= 0.6 is 0 Å². The molecule has 5 rings (SSSR count). The molecule has 0 radical (unpaired) electrons. The Kier molecular flexibility index (Phi) is 4.70. The van der Waals surface area contributed by atoms with Gasteiger partial charge in [0.15, 0.2) is 0 Å². The standard InChI is InChI=1S/C25H26N2O3/c1-17(12-13-18-8-4-2-5-9-18)26-23(28)21-20-14-15-25(30-20)16-27(24(29)22(21)25)19-10-6-3-7-11-19/h2-11,14-15,17,20-22H,12-13,16H2,1H3,(H,26,28)/t17?,20-,21?,22?,25+/m0/s1. The Morgan fingerprint density at radius 3 is 2.60 bits per heavy atom. The van der Waals surface area contributed by atoms with Crippen LogP contribution in [0.4, 0.5) is 5.69 Å². The van der Waals surface area contributed by atoms with E-state index >= 15 is 0 Å². The summed E-state index contributed by atoms with van der Waals surface area (Å²) in [4.78, 5) is 28.3. The lowest BCUT2D eigenvalue weighted by Crippen LogP contribution is -2.46. The zero-order valence-electron chi connectivity index (χ0n) is 17.0. The van der Waals surface area contributed by atoms with Crippen LogP contribution in [0, 0.1) is 11.8 Å². The number of rotatable bonds is 6. The monoisotopic (exact) mass is 402 g/mol. The van der Waals surface area contributed by atoms with E-state index in [1.165, 1.54) is 5.56 Å². The number of hydrogen-bond acceptors (Lipinski definition) is 3. The van der Waals surface area contributed by atoms with Crippen LogP contribution in [-0.2, 0) is 20.7 Å². The van der Waals surface area contributed by atoms with Crippen LogP contribution in [0.2, 0.25) is 0 Å². The van der Waals surface area contributed by atoms with E-state index in [9.17, 15) is 9.59 Å². The summed E-state index contributed by atoms with van der Waals surface area (Å²) >= 11 is 0. The quantitative estimate of drug-likeness (QED) is 0.756. The van der Waals surface area contributed by atoms with E-state index in [0.29, 0.717) is 6.54 Å². The number of carbonyl (C=O) groups is 2. The van der Waals surface area contributed by atoms with Crippen molar-refractivity contribution in [2.24, 2.45) is 11.8 Å². The number of fused-ring (bicyclic) bond motifs is 1. The lowest BCUT2D eigenvalue weighted by Gasteiger charge is -2.25. The van der Waals surface area contributed by atoms with Gasteiger partial charge >= 0.3 is 0 Å². The Morgan fingerprint density at radius 2 is 1.87 bits per heavy atom. The second kappa shape index (κ2) is 7.40. The number of carbonyl (C=O) groups excluding carboxylic acids is 2. The van der Waals surface area contributed by atoms with Gasteiger partial charge in [0.1, 0.15) is 5.60 Å². The second-order valence-corrected chi connectivity index (χ2v) is 8.59. The fraction of sp³-hybridized carbons (Fsp3) is 0.360. The third-order valence-electron chi connectivity index (χ3n) is 6.57. The van der Waals surface area contributed by atoms with Crippen molar-refractivity contribution < 1.29 is 14.3 Å². The molecule has 2 fully saturated rings. The number of nitrogens with zero attached hydrogens (tertiary/aromatic N) is 1. The molecule has 5 nitrogen and oxygen atoms in total. The molecule has 3 aliphatic rings. The van der Waals surface area contributed by atoms with E-state index in [-0.39, 0.29) is 24.0 Å². The molecule has 3 heterocycles. The van der Waals surface area contributed by atoms with Crippen LogP contribution in [0.3, 0.4) is 0 Å². The van der Waals surface area contributed by atoms with Crippen LogP contribution in [-0.4, -0.2) is 36.1 Å². The van der Waals surface area contributed by atoms with Gasteiger partial charge in [0.25, 0.3) is 0 Å². The van der Waals surface area contributed by atoms with Gasteiger partial charge in [0.05, 0.1) is 24.5 Å². The summed E-state index contributed by atoms with van der Waals surface area (Å²) in [5, 5.41) is 3.14. The predicted molar refractivity (Wildman–Crippen MR) is 115 cm³/mol. The van der Waals surface area contributed by atoms with Crippen LogP contribution in [0.5, 0.6) is 0 Å².